The summed E-state index contributed by atoms with van der Waals surface area (Å²) in [6, 6.07) is 15.7. The van der Waals surface area contributed by atoms with Gasteiger partial charge in [-0.05, 0) is 42.7 Å². The first kappa shape index (κ1) is 22.0. The summed E-state index contributed by atoms with van der Waals surface area (Å²) >= 11 is 0. The van der Waals surface area contributed by atoms with E-state index in [0.29, 0.717) is 30.6 Å². The van der Waals surface area contributed by atoms with Crippen molar-refractivity contribution in [1.29, 1.82) is 0 Å². The molecule has 1 unspecified atom stereocenters. The summed E-state index contributed by atoms with van der Waals surface area (Å²) in [7, 11) is 0. The summed E-state index contributed by atoms with van der Waals surface area (Å²) in [4.78, 5) is 48.0. The second-order valence-electron chi connectivity index (χ2n) is 7.44. The zero-order valence-electron chi connectivity index (χ0n) is 17.4. The Balaban J connectivity index is 1.49. The number of urea groups is 1. The van der Waals surface area contributed by atoms with E-state index in [1.165, 1.54) is 0 Å². The Morgan fingerprint density at radius 2 is 1.65 bits per heavy atom. The van der Waals surface area contributed by atoms with Crippen LogP contribution in [0.3, 0.4) is 0 Å². The van der Waals surface area contributed by atoms with E-state index in [9.17, 15) is 19.2 Å². The van der Waals surface area contributed by atoms with Crippen LogP contribution in [0.25, 0.3) is 0 Å². The van der Waals surface area contributed by atoms with Gasteiger partial charge >= 0.3 is 6.03 Å². The number of carbonyl (C=O) groups is 4. The molecule has 2 aromatic rings. The van der Waals surface area contributed by atoms with Crippen molar-refractivity contribution in [2.75, 3.05) is 17.2 Å². The predicted molar refractivity (Wildman–Crippen MR) is 118 cm³/mol. The molecule has 8 nitrogen and oxygen atoms in total. The summed E-state index contributed by atoms with van der Waals surface area (Å²) in [5.41, 5.74) is 1.36. The van der Waals surface area contributed by atoms with Gasteiger partial charge in [0, 0.05) is 30.8 Å². The number of anilines is 2. The zero-order valence-corrected chi connectivity index (χ0v) is 17.4. The number of hydrogen-bond donors (Lipinski definition) is 4. The normalized spacial score (nSPS) is 18.1. The first-order valence-electron chi connectivity index (χ1n) is 10.3. The summed E-state index contributed by atoms with van der Waals surface area (Å²) in [5, 5.41) is 10.5. The van der Waals surface area contributed by atoms with Gasteiger partial charge in [0.2, 0.25) is 17.7 Å². The third-order valence-corrected chi connectivity index (χ3v) is 5.46. The maximum absolute atomic E-state index is 12.5. The average Bonchev–Trinajstić information content (AvgIpc) is 2.76. The zero-order chi connectivity index (χ0) is 22.3. The van der Waals surface area contributed by atoms with Crippen molar-refractivity contribution in [3.63, 3.8) is 0 Å². The maximum Gasteiger partial charge on any atom is 0.319 e. The molecule has 2 aromatic carbocycles. The van der Waals surface area contributed by atoms with E-state index in [1.54, 1.807) is 36.4 Å². The molecule has 0 spiro atoms. The summed E-state index contributed by atoms with van der Waals surface area (Å²) in [5.74, 6) is -0.758. The molecular weight excluding hydrogens is 396 g/mol. The van der Waals surface area contributed by atoms with Gasteiger partial charge in [-0.1, -0.05) is 37.3 Å². The molecule has 162 valence electrons. The van der Waals surface area contributed by atoms with Crippen molar-refractivity contribution in [1.82, 2.24) is 10.6 Å². The van der Waals surface area contributed by atoms with Gasteiger partial charge in [-0.2, -0.15) is 0 Å². The minimum absolute atomic E-state index is 0.118. The van der Waals surface area contributed by atoms with Gasteiger partial charge in [0.25, 0.3) is 0 Å². The smallest absolute Gasteiger partial charge is 0.319 e. The molecule has 8 heteroatoms. The fourth-order valence-corrected chi connectivity index (χ4v) is 3.65. The van der Waals surface area contributed by atoms with Gasteiger partial charge in [0.1, 0.15) is 0 Å². The highest BCUT2D eigenvalue weighted by Crippen LogP contribution is 2.36. The number of nitrogens with one attached hydrogen (secondary N) is 4. The monoisotopic (exact) mass is 422 g/mol. The van der Waals surface area contributed by atoms with Gasteiger partial charge in [0.15, 0.2) is 0 Å². The number of carbonyl (C=O) groups excluding carboxylic acids is 4. The quantitative estimate of drug-likeness (QED) is 0.513. The number of benzene rings is 2. The van der Waals surface area contributed by atoms with Crippen molar-refractivity contribution in [2.24, 2.45) is 0 Å². The maximum atomic E-state index is 12.5. The van der Waals surface area contributed by atoms with Crippen LogP contribution in [-0.4, -0.2) is 30.3 Å². The van der Waals surface area contributed by atoms with E-state index in [-0.39, 0.29) is 36.7 Å². The highest BCUT2D eigenvalue weighted by Gasteiger charge is 2.42. The molecule has 1 aliphatic rings. The highest BCUT2D eigenvalue weighted by molar-refractivity contribution is 6.03. The van der Waals surface area contributed by atoms with Crippen molar-refractivity contribution in [3.8, 4) is 0 Å². The van der Waals surface area contributed by atoms with Crippen LogP contribution in [0.1, 0.15) is 38.2 Å². The summed E-state index contributed by atoms with van der Waals surface area (Å²) < 4.78 is 0. The predicted octanol–water partition coefficient (Wildman–Crippen LogP) is 2.92. The molecule has 5 amide bonds. The van der Waals surface area contributed by atoms with Gasteiger partial charge < -0.3 is 16.0 Å². The van der Waals surface area contributed by atoms with Crippen molar-refractivity contribution < 1.29 is 19.2 Å². The molecule has 4 N–H and O–H groups in total. The fourth-order valence-electron chi connectivity index (χ4n) is 3.65. The van der Waals surface area contributed by atoms with Crippen LogP contribution >= 0.6 is 0 Å². The van der Waals surface area contributed by atoms with Crippen molar-refractivity contribution in [2.45, 2.75) is 38.0 Å². The van der Waals surface area contributed by atoms with E-state index in [1.807, 2.05) is 25.1 Å². The van der Waals surface area contributed by atoms with Crippen LogP contribution in [0.15, 0.2) is 54.6 Å². The number of amides is 5. The molecule has 1 fully saturated rings. The lowest BCUT2D eigenvalue weighted by atomic mass is 9.72. The van der Waals surface area contributed by atoms with E-state index in [0.717, 1.165) is 5.56 Å². The molecule has 0 aromatic heterocycles. The van der Waals surface area contributed by atoms with Crippen LogP contribution < -0.4 is 21.3 Å². The Kier molecular flexibility index (Phi) is 7.02. The Hall–Kier alpha value is -3.68. The van der Waals surface area contributed by atoms with Crippen LogP contribution in [0, 0.1) is 0 Å². The Morgan fingerprint density at radius 1 is 0.968 bits per heavy atom. The second-order valence-corrected chi connectivity index (χ2v) is 7.44. The SMILES string of the molecule is CCC1(c2ccc(NC(=O)CCNC(=O)Nc3ccccc3)cc2)CCC(=O)NC1=O. The van der Waals surface area contributed by atoms with Crippen LogP contribution in [0.4, 0.5) is 16.2 Å². The third kappa shape index (κ3) is 5.48. The number of hydrogen-bond acceptors (Lipinski definition) is 4. The van der Waals surface area contributed by atoms with E-state index >= 15 is 0 Å². The molecule has 3 rings (SSSR count). The van der Waals surface area contributed by atoms with Crippen LogP contribution in [0.2, 0.25) is 0 Å². The average molecular weight is 422 g/mol. The Labute approximate surface area is 180 Å². The lowest BCUT2D eigenvalue weighted by Gasteiger charge is -2.35. The largest absolute Gasteiger partial charge is 0.337 e. The lowest BCUT2D eigenvalue weighted by molar-refractivity contribution is -0.138. The van der Waals surface area contributed by atoms with Gasteiger partial charge in [-0.25, -0.2) is 4.79 Å². The van der Waals surface area contributed by atoms with E-state index in [4.69, 9.17) is 0 Å². The molecule has 1 saturated heterocycles. The lowest BCUT2D eigenvalue weighted by Crippen LogP contribution is -2.51. The molecule has 1 aliphatic heterocycles. The van der Waals surface area contributed by atoms with Crippen LogP contribution in [0.5, 0.6) is 0 Å². The second kappa shape index (κ2) is 9.88. The van der Waals surface area contributed by atoms with Crippen LogP contribution in [-0.2, 0) is 19.8 Å². The molecule has 31 heavy (non-hydrogen) atoms. The molecule has 1 heterocycles. The van der Waals surface area contributed by atoms with Crippen molar-refractivity contribution in [3.05, 3.63) is 60.2 Å². The highest BCUT2D eigenvalue weighted by atomic mass is 16.2. The van der Waals surface area contributed by atoms with Crippen molar-refractivity contribution >= 4 is 35.1 Å². The Morgan fingerprint density at radius 3 is 2.29 bits per heavy atom. The third-order valence-electron chi connectivity index (χ3n) is 5.46. The van der Waals surface area contributed by atoms with Gasteiger partial charge in [0.05, 0.1) is 5.41 Å². The minimum Gasteiger partial charge on any atom is -0.337 e. The summed E-state index contributed by atoms with van der Waals surface area (Å²) in [6.45, 7) is 2.11. The first-order chi connectivity index (χ1) is 14.9. The number of piperidine rings is 1. The number of rotatable bonds is 7. The number of imide groups is 1. The molecule has 0 radical (unpaired) electrons. The Bertz CT molecular complexity index is 959. The number of para-hydroxylation sites is 1. The fraction of sp³-hybridized carbons (Fsp3) is 0.304. The minimum atomic E-state index is -0.730. The van der Waals surface area contributed by atoms with E-state index in [2.05, 4.69) is 21.3 Å². The standard InChI is InChI=1S/C23H26N4O4/c1-2-23(14-12-19(28)27-21(23)30)16-8-10-18(11-9-16)25-20(29)13-15-24-22(31)26-17-6-4-3-5-7-17/h3-11H,2,12-15H2,1H3,(H,25,29)(H2,24,26,31)(H,27,28,30). The molecule has 1 atom stereocenters. The molecular formula is C23H26N4O4. The first-order valence-corrected chi connectivity index (χ1v) is 10.3. The van der Waals surface area contributed by atoms with E-state index < -0.39 is 5.41 Å². The topological polar surface area (TPSA) is 116 Å². The molecule has 0 bridgehead atoms. The molecule has 0 saturated carbocycles. The summed E-state index contributed by atoms with van der Waals surface area (Å²) in [6.07, 6.45) is 1.47. The van der Waals surface area contributed by atoms with Gasteiger partial charge in [-0.15, -0.1) is 0 Å². The van der Waals surface area contributed by atoms with Gasteiger partial charge in [-0.3, -0.25) is 19.7 Å². The molecule has 0 aliphatic carbocycles.